The topological polar surface area (TPSA) is 74.3 Å². The van der Waals surface area contributed by atoms with Crippen LogP contribution in [-0.2, 0) is 4.79 Å². The molecule has 0 unspecified atom stereocenters. The summed E-state index contributed by atoms with van der Waals surface area (Å²) in [6.07, 6.45) is 1.41. The maximum Gasteiger partial charge on any atom is 0.260 e. The summed E-state index contributed by atoms with van der Waals surface area (Å²) in [5.74, 6) is 2.42. The van der Waals surface area contributed by atoms with Crippen LogP contribution < -0.4 is 18.9 Å². The molecule has 1 spiro atoms. The van der Waals surface area contributed by atoms with Crippen LogP contribution in [0, 0.1) is 0 Å². The predicted molar refractivity (Wildman–Crippen MR) is 124 cm³/mol. The number of fused-ring (bicyclic) bond motifs is 1. The van der Waals surface area contributed by atoms with Crippen LogP contribution in [0.4, 0.5) is 0 Å². The molecule has 1 fully saturated rings. The Hall–Kier alpha value is -3.22. The van der Waals surface area contributed by atoms with Gasteiger partial charge >= 0.3 is 0 Å². The Morgan fingerprint density at radius 1 is 1.12 bits per heavy atom. The highest BCUT2D eigenvalue weighted by Gasteiger charge is 2.45. The Morgan fingerprint density at radius 2 is 1.88 bits per heavy atom. The summed E-state index contributed by atoms with van der Waals surface area (Å²) in [6.45, 7) is 5.24. The lowest BCUT2D eigenvalue weighted by Crippen LogP contribution is -2.53. The molecule has 2 heterocycles. The zero-order chi connectivity index (χ0) is 23.6. The summed E-state index contributed by atoms with van der Waals surface area (Å²) in [7, 11) is 3.08. The lowest BCUT2D eigenvalue weighted by atomic mass is 9.82. The molecule has 0 bridgehead atoms. The Labute approximate surface area is 194 Å². The largest absolute Gasteiger partial charge is 0.493 e. The fourth-order valence-electron chi connectivity index (χ4n) is 4.50. The molecule has 0 aromatic heterocycles. The minimum atomic E-state index is -0.646. The summed E-state index contributed by atoms with van der Waals surface area (Å²) in [5, 5.41) is 0. The third-order valence-electron chi connectivity index (χ3n) is 6.52. The average Bonchev–Trinajstić information content (AvgIpc) is 2.82. The Balaban J connectivity index is 1.40. The van der Waals surface area contributed by atoms with Gasteiger partial charge in [0, 0.05) is 25.9 Å². The smallest absolute Gasteiger partial charge is 0.260 e. The van der Waals surface area contributed by atoms with Gasteiger partial charge in [-0.1, -0.05) is 26.0 Å². The number of ether oxygens (including phenoxy) is 4. The molecule has 1 saturated heterocycles. The molecule has 0 aliphatic carbocycles. The molecule has 2 aromatic rings. The first kappa shape index (κ1) is 23.0. The second kappa shape index (κ2) is 9.33. The number of methoxy groups -OCH3 is 2. The van der Waals surface area contributed by atoms with Crippen LogP contribution in [0.2, 0.25) is 0 Å². The van der Waals surface area contributed by atoms with E-state index in [1.807, 2.05) is 18.2 Å². The fraction of sp³-hybridized carbons (Fsp3) is 0.462. The summed E-state index contributed by atoms with van der Waals surface area (Å²) in [6, 6.07) is 11.3. The molecule has 1 amide bonds. The molecular formula is C26H31NO6. The quantitative estimate of drug-likeness (QED) is 0.652. The highest BCUT2D eigenvalue weighted by molar-refractivity contribution is 6.01. The molecule has 0 radical (unpaired) electrons. The van der Waals surface area contributed by atoms with Crippen molar-refractivity contribution in [3.05, 3.63) is 47.5 Å². The van der Waals surface area contributed by atoms with Gasteiger partial charge in [0.25, 0.3) is 5.91 Å². The van der Waals surface area contributed by atoms with E-state index in [1.165, 1.54) is 12.7 Å². The number of Topliss-reactive ketones (excluding diaryl/α,β-unsaturated/α-hetero) is 1. The van der Waals surface area contributed by atoms with Crippen LogP contribution in [-0.4, -0.2) is 56.1 Å². The summed E-state index contributed by atoms with van der Waals surface area (Å²) in [5.41, 5.74) is 1.03. The predicted octanol–water partition coefficient (Wildman–Crippen LogP) is 4.23. The maximum absolute atomic E-state index is 12.9. The van der Waals surface area contributed by atoms with Crippen LogP contribution in [0.3, 0.4) is 0 Å². The van der Waals surface area contributed by atoms with E-state index in [-0.39, 0.29) is 24.7 Å². The van der Waals surface area contributed by atoms with Gasteiger partial charge in [-0.25, -0.2) is 0 Å². The molecule has 2 aliphatic heterocycles. The number of piperidine rings is 1. The van der Waals surface area contributed by atoms with Crippen molar-refractivity contribution < 1.29 is 28.5 Å². The van der Waals surface area contributed by atoms with Crippen molar-refractivity contribution >= 4 is 11.7 Å². The van der Waals surface area contributed by atoms with Crippen LogP contribution in [0.5, 0.6) is 23.0 Å². The first-order chi connectivity index (χ1) is 15.9. The van der Waals surface area contributed by atoms with Gasteiger partial charge in [-0.05, 0) is 35.7 Å². The normalized spacial score (nSPS) is 16.9. The number of hydrogen-bond acceptors (Lipinski definition) is 6. The average molecular weight is 454 g/mol. The number of likely N-dealkylation sites (tertiary alicyclic amines) is 1. The summed E-state index contributed by atoms with van der Waals surface area (Å²) in [4.78, 5) is 27.4. The molecule has 4 rings (SSSR count). The van der Waals surface area contributed by atoms with Crippen molar-refractivity contribution in [3.63, 3.8) is 0 Å². The van der Waals surface area contributed by atoms with Crippen molar-refractivity contribution in [2.45, 2.75) is 44.6 Å². The van der Waals surface area contributed by atoms with E-state index in [2.05, 4.69) is 19.9 Å². The molecule has 0 saturated carbocycles. The van der Waals surface area contributed by atoms with Crippen LogP contribution in [0.15, 0.2) is 36.4 Å². The van der Waals surface area contributed by atoms with E-state index in [0.29, 0.717) is 60.4 Å². The number of carbonyl (C=O) groups excluding carboxylic acids is 2. The van der Waals surface area contributed by atoms with Crippen molar-refractivity contribution in [3.8, 4) is 23.0 Å². The molecule has 0 N–H and O–H groups in total. The first-order valence-electron chi connectivity index (χ1n) is 11.3. The van der Waals surface area contributed by atoms with E-state index in [4.69, 9.17) is 18.9 Å². The van der Waals surface area contributed by atoms with E-state index in [1.54, 1.807) is 24.1 Å². The molecular weight excluding hydrogens is 422 g/mol. The van der Waals surface area contributed by atoms with Gasteiger partial charge in [0.05, 0.1) is 26.2 Å². The first-order valence-corrected chi connectivity index (χ1v) is 11.3. The van der Waals surface area contributed by atoms with Gasteiger partial charge in [-0.15, -0.1) is 0 Å². The molecule has 2 aromatic carbocycles. The Kier molecular flexibility index (Phi) is 6.49. The highest BCUT2D eigenvalue weighted by Crippen LogP contribution is 2.47. The maximum atomic E-state index is 12.9. The van der Waals surface area contributed by atoms with Crippen LogP contribution in [0.1, 0.15) is 54.9 Å². The Morgan fingerprint density at radius 3 is 2.55 bits per heavy atom. The third-order valence-corrected chi connectivity index (χ3v) is 6.52. The number of amides is 1. The van der Waals surface area contributed by atoms with Gasteiger partial charge in [0.15, 0.2) is 23.9 Å². The monoisotopic (exact) mass is 453 g/mol. The molecule has 2 aliphatic rings. The van der Waals surface area contributed by atoms with Crippen LogP contribution >= 0.6 is 0 Å². The number of rotatable bonds is 6. The third kappa shape index (κ3) is 4.63. The summed E-state index contributed by atoms with van der Waals surface area (Å²) >= 11 is 0. The number of ketones is 1. The number of nitrogens with zero attached hydrogens (tertiary/aromatic N) is 1. The van der Waals surface area contributed by atoms with Crippen molar-refractivity contribution in [1.29, 1.82) is 0 Å². The van der Waals surface area contributed by atoms with Crippen molar-refractivity contribution in [2.24, 2.45) is 0 Å². The number of benzene rings is 2. The molecule has 7 nitrogen and oxygen atoms in total. The van der Waals surface area contributed by atoms with Crippen molar-refractivity contribution in [2.75, 3.05) is 33.9 Å². The molecule has 33 heavy (non-hydrogen) atoms. The lowest BCUT2D eigenvalue weighted by Gasteiger charge is -2.44. The minimum Gasteiger partial charge on any atom is -0.493 e. The van der Waals surface area contributed by atoms with E-state index < -0.39 is 5.60 Å². The number of carbonyl (C=O) groups is 2. The van der Waals surface area contributed by atoms with Crippen molar-refractivity contribution in [1.82, 2.24) is 4.90 Å². The van der Waals surface area contributed by atoms with E-state index in [0.717, 1.165) is 0 Å². The van der Waals surface area contributed by atoms with E-state index >= 15 is 0 Å². The second-order valence-electron chi connectivity index (χ2n) is 8.96. The second-order valence-corrected chi connectivity index (χ2v) is 8.96. The molecule has 0 atom stereocenters. The fourth-order valence-corrected chi connectivity index (χ4v) is 4.50. The zero-order valence-electron chi connectivity index (χ0n) is 19.7. The highest BCUT2D eigenvalue weighted by atomic mass is 16.5. The van der Waals surface area contributed by atoms with Gasteiger partial charge in [0.1, 0.15) is 11.4 Å². The van der Waals surface area contributed by atoms with E-state index in [9.17, 15) is 9.59 Å². The standard InChI is InChI=1S/C26H31NO6/c1-17(2)18-6-5-7-19(14-18)32-16-23(29)27-12-10-26(11-13-27)15-21(28)20-8-9-22(30-3)25(31-4)24(20)33-26/h5-9,14,17H,10-13,15-16H2,1-4H3. The van der Waals surface area contributed by atoms with Gasteiger partial charge in [-0.3, -0.25) is 9.59 Å². The molecule has 7 heteroatoms. The lowest BCUT2D eigenvalue weighted by molar-refractivity contribution is -0.137. The minimum absolute atomic E-state index is 0.0117. The zero-order valence-corrected chi connectivity index (χ0v) is 19.7. The van der Waals surface area contributed by atoms with Gasteiger partial charge in [-0.2, -0.15) is 0 Å². The molecule has 176 valence electrons. The number of hydrogen-bond donors (Lipinski definition) is 0. The van der Waals surface area contributed by atoms with Crippen LogP contribution in [0.25, 0.3) is 0 Å². The van der Waals surface area contributed by atoms with Gasteiger partial charge in [0.2, 0.25) is 5.75 Å². The SMILES string of the molecule is COc1ccc2c(c1OC)OC1(CCN(C(=O)COc3cccc(C(C)C)c3)CC1)CC2=O. The van der Waals surface area contributed by atoms with Gasteiger partial charge < -0.3 is 23.8 Å². The Bertz CT molecular complexity index is 1040. The summed E-state index contributed by atoms with van der Waals surface area (Å²) < 4.78 is 23.0.